The van der Waals surface area contributed by atoms with Crippen LogP contribution in [0.5, 0.6) is 11.5 Å². The molecule has 27 heavy (non-hydrogen) atoms. The molecule has 0 bridgehead atoms. The summed E-state index contributed by atoms with van der Waals surface area (Å²) >= 11 is 0. The first-order valence-electron chi connectivity index (χ1n) is 8.19. The monoisotopic (exact) mass is 374 g/mol. The largest absolute Gasteiger partial charge is 0.506 e. The summed E-state index contributed by atoms with van der Waals surface area (Å²) in [5.41, 5.74) is 0.516. The lowest BCUT2D eigenvalue weighted by molar-refractivity contribution is -0.385. The third-order valence-electron chi connectivity index (χ3n) is 4.01. The van der Waals surface area contributed by atoms with E-state index in [-0.39, 0.29) is 28.4 Å². The van der Waals surface area contributed by atoms with Crippen LogP contribution in [0.4, 0.5) is 11.4 Å². The highest BCUT2D eigenvalue weighted by atomic mass is 16.7. The molecule has 1 fully saturated rings. The van der Waals surface area contributed by atoms with Crippen LogP contribution in [-0.4, -0.2) is 36.3 Å². The van der Waals surface area contributed by atoms with E-state index >= 15 is 0 Å². The smallest absolute Gasteiger partial charge is 0.311 e. The molecule has 9 heteroatoms. The van der Waals surface area contributed by atoms with Crippen LogP contribution >= 0.6 is 0 Å². The molecule has 0 unspecified atom stereocenters. The van der Waals surface area contributed by atoms with Gasteiger partial charge in [0.1, 0.15) is 5.75 Å². The van der Waals surface area contributed by atoms with Crippen LogP contribution in [0.2, 0.25) is 0 Å². The highest BCUT2D eigenvalue weighted by Gasteiger charge is 2.21. The molecule has 2 N–H and O–H groups in total. The van der Waals surface area contributed by atoms with E-state index in [2.05, 4.69) is 5.32 Å². The third kappa shape index (κ3) is 4.15. The molecule has 0 aromatic heterocycles. The second kappa shape index (κ2) is 8.02. The lowest BCUT2D eigenvalue weighted by Crippen LogP contribution is -2.18. The number of phenolic OH excluding ortho intramolecular Hbond substituents is 1. The van der Waals surface area contributed by atoms with Crippen molar-refractivity contribution in [2.75, 3.05) is 25.6 Å². The number of phenols is 1. The Kier molecular flexibility index (Phi) is 5.53. The maximum Gasteiger partial charge on any atom is 0.311 e. The molecule has 1 amide bonds. The molecule has 1 aliphatic rings. The van der Waals surface area contributed by atoms with Crippen LogP contribution in [-0.2, 0) is 9.47 Å². The molecule has 1 heterocycles. The number of benzene rings is 2. The highest BCUT2D eigenvalue weighted by Crippen LogP contribution is 2.32. The standard InChI is InChI=1S/C18H18N2O7/c1-25-16-6-4-11(10-14(16)20(23)24)17(22)19-13-9-12(3-5-15(13)21)18-26-7-2-8-27-18/h3-6,9-10,18,21H,2,7-8H2,1H3,(H,19,22). The van der Waals surface area contributed by atoms with Gasteiger partial charge in [-0.25, -0.2) is 0 Å². The van der Waals surface area contributed by atoms with Gasteiger partial charge >= 0.3 is 5.69 Å². The number of amides is 1. The lowest BCUT2D eigenvalue weighted by atomic mass is 10.1. The topological polar surface area (TPSA) is 120 Å². The number of nitrogens with zero attached hydrogens (tertiary/aromatic N) is 1. The minimum Gasteiger partial charge on any atom is -0.506 e. The summed E-state index contributed by atoms with van der Waals surface area (Å²) in [5, 5.41) is 23.7. The van der Waals surface area contributed by atoms with Gasteiger partial charge in [0.15, 0.2) is 12.0 Å². The minimum absolute atomic E-state index is 0.0491. The third-order valence-corrected chi connectivity index (χ3v) is 4.01. The maximum atomic E-state index is 12.5. The summed E-state index contributed by atoms with van der Waals surface area (Å²) in [4.78, 5) is 23.0. The van der Waals surface area contributed by atoms with E-state index in [1.807, 2.05) is 0 Å². The second-order valence-corrected chi connectivity index (χ2v) is 5.80. The van der Waals surface area contributed by atoms with Gasteiger partial charge in [0.05, 0.1) is 30.9 Å². The van der Waals surface area contributed by atoms with Crippen LogP contribution < -0.4 is 10.1 Å². The number of nitrogens with one attached hydrogen (secondary N) is 1. The molecular formula is C18H18N2O7. The van der Waals surface area contributed by atoms with Crippen LogP contribution in [0.3, 0.4) is 0 Å². The number of methoxy groups -OCH3 is 1. The van der Waals surface area contributed by atoms with E-state index in [1.165, 1.54) is 25.3 Å². The van der Waals surface area contributed by atoms with Gasteiger partial charge in [-0.1, -0.05) is 6.07 Å². The van der Waals surface area contributed by atoms with Crippen molar-refractivity contribution in [1.29, 1.82) is 0 Å². The fourth-order valence-electron chi connectivity index (χ4n) is 2.65. The van der Waals surface area contributed by atoms with E-state index < -0.39 is 17.1 Å². The normalized spacial score (nSPS) is 14.6. The Labute approximate surface area is 154 Å². The number of rotatable bonds is 5. The molecule has 0 atom stereocenters. The number of aromatic hydroxyl groups is 1. The van der Waals surface area contributed by atoms with Crippen molar-refractivity contribution >= 4 is 17.3 Å². The average molecular weight is 374 g/mol. The molecule has 142 valence electrons. The Morgan fingerprint density at radius 2 is 2.00 bits per heavy atom. The zero-order valence-corrected chi connectivity index (χ0v) is 14.5. The predicted molar refractivity (Wildman–Crippen MR) is 95.0 cm³/mol. The van der Waals surface area contributed by atoms with Crippen LogP contribution in [0.15, 0.2) is 36.4 Å². The zero-order valence-electron chi connectivity index (χ0n) is 14.5. The molecule has 3 rings (SSSR count). The van der Waals surface area contributed by atoms with Crippen molar-refractivity contribution in [2.24, 2.45) is 0 Å². The van der Waals surface area contributed by atoms with Gasteiger partial charge in [-0.15, -0.1) is 0 Å². The van der Waals surface area contributed by atoms with Gasteiger partial charge in [-0.3, -0.25) is 14.9 Å². The number of carbonyl (C=O) groups excluding carboxylic acids is 1. The number of carbonyl (C=O) groups is 1. The van der Waals surface area contributed by atoms with Crippen molar-refractivity contribution in [1.82, 2.24) is 0 Å². The minimum atomic E-state index is -0.633. The summed E-state index contributed by atoms with van der Waals surface area (Å²) in [6.45, 7) is 1.12. The van der Waals surface area contributed by atoms with Gasteiger partial charge in [0, 0.05) is 17.2 Å². The zero-order chi connectivity index (χ0) is 19.4. The molecule has 0 aliphatic carbocycles. The SMILES string of the molecule is COc1ccc(C(=O)Nc2cc(C3OCCCO3)ccc2O)cc1[N+](=O)[O-]. The lowest BCUT2D eigenvalue weighted by Gasteiger charge is -2.24. The van der Waals surface area contributed by atoms with Gasteiger partial charge in [-0.05, 0) is 30.7 Å². The van der Waals surface area contributed by atoms with E-state index in [1.54, 1.807) is 12.1 Å². The summed E-state index contributed by atoms with van der Waals surface area (Å²) in [5.74, 6) is -0.711. The summed E-state index contributed by atoms with van der Waals surface area (Å²) < 4.78 is 15.9. The molecule has 9 nitrogen and oxygen atoms in total. The van der Waals surface area contributed by atoms with E-state index in [0.717, 1.165) is 12.5 Å². The Bertz CT molecular complexity index is 863. The Morgan fingerprint density at radius 3 is 2.67 bits per heavy atom. The Balaban J connectivity index is 1.83. The summed E-state index contributed by atoms with van der Waals surface area (Å²) in [6, 6.07) is 8.45. The number of nitro benzene ring substituents is 1. The molecule has 0 spiro atoms. The molecular weight excluding hydrogens is 356 g/mol. The first kappa shape index (κ1) is 18.6. The van der Waals surface area contributed by atoms with E-state index in [9.17, 15) is 20.0 Å². The average Bonchev–Trinajstić information content (AvgIpc) is 2.69. The van der Waals surface area contributed by atoms with Crippen molar-refractivity contribution in [2.45, 2.75) is 12.7 Å². The maximum absolute atomic E-state index is 12.5. The summed E-state index contributed by atoms with van der Waals surface area (Å²) in [7, 11) is 1.31. The molecule has 1 saturated heterocycles. The van der Waals surface area contributed by atoms with Gasteiger partial charge in [0.2, 0.25) is 0 Å². The van der Waals surface area contributed by atoms with Crippen molar-refractivity contribution in [3.63, 3.8) is 0 Å². The van der Waals surface area contributed by atoms with Crippen LogP contribution in [0.25, 0.3) is 0 Å². The predicted octanol–water partition coefficient (Wildman–Crippen LogP) is 3.00. The quantitative estimate of drug-likeness (QED) is 0.469. The first-order valence-corrected chi connectivity index (χ1v) is 8.19. The second-order valence-electron chi connectivity index (χ2n) is 5.80. The van der Waals surface area contributed by atoms with E-state index in [0.29, 0.717) is 18.8 Å². The highest BCUT2D eigenvalue weighted by molar-refractivity contribution is 6.05. The number of hydrogen-bond acceptors (Lipinski definition) is 7. The molecule has 2 aromatic carbocycles. The number of nitro groups is 1. The molecule has 0 saturated carbocycles. The summed E-state index contributed by atoms with van der Waals surface area (Å²) in [6.07, 6.45) is 0.228. The molecule has 0 radical (unpaired) electrons. The van der Waals surface area contributed by atoms with Crippen molar-refractivity contribution in [3.8, 4) is 11.5 Å². The number of anilines is 1. The Hall–Kier alpha value is -3.17. The van der Waals surface area contributed by atoms with Crippen LogP contribution in [0, 0.1) is 10.1 Å². The van der Waals surface area contributed by atoms with E-state index in [4.69, 9.17) is 14.2 Å². The molecule has 1 aliphatic heterocycles. The Morgan fingerprint density at radius 1 is 1.26 bits per heavy atom. The van der Waals surface area contributed by atoms with Gasteiger partial charge in [0.25, 0.3) is 5.91 Å². The molecule has 2 aromatic rings. The number of hydrogen-bond donors (Lipinski definition) is 2. The van der Waals surface area contributed by atoms with Crippen molar-refractivity contribution < 1.29 is 29.0 Å². The van der Waals surface area contributed by atoms with Crippen molar-refractivity contribution in [3.05, 3.63) is 57.6 Å². The van der Waals surface area contributed by atoms with Gasteiger partial charge in [-0.2, -0.15) is 0 Å². The van der Waals surface area contributed by atoms with Crippen LogP contribution in [0.1, 0.15) is 28.6 Å². The number of ether oxygens (including phenoxy) is 3. The fourth-order valence-corrected chi connectivity index (χ4v) is 2.65. The fraction of sp³-hybridized carbons (Fsp3) is 0.278. The van der Waals surface area contributed by atoms with Gasteiger partial charge < -0.3 is 24.6 Å². The first-order chi connectivity index (χ1) is 13.0.